The molecule has 0 saturated carbocycles. The van der Waals surface area contributed by atoms with Gasteiger partial charge in [-0.2, -0.15) is 0 Å². The Balaban J connectivity index is 1.51. The van der Waals surface area contributed by atoms with Crippen molar-refractivity contribution in [1.29, 1.82) is 0 Å². The molecule has 0 aliphatic carbocycles. The second-order valence-electron chi connectivity index (χ2n) is 8.04. The highest BCUT2D eigenvalue weighted by Crippen LogP contribution is 2.26. The maximum Gasteiger partial charge on any atom is 0.256 e. The molecule has 186 valence electrons. The highest BCUT2D eigenvalue weighted by molar-refractivity contribution is 8.13. The molecule has 2 aromatic carbocycles. The highest BCUT2D eigenvalue weighted by Gasteiger charge is 2.15. The number of amides is 3. The van der Waals surface area contributed by atoms with E-state index in [0.29, 0.717) is 28.1 Å². The second-order valence-corrected chi connectivity index (χ2v) is 9.14. The van der Waals surface area contributed by atoms with Crippen LogP contribution in [0.4, 0.5) is 5.69 Å². The molecule has 8 nitrogen and oxygen atoms in total. The molecule has 0 atom stereocenters. The Morgan fingerprint density at radius 3 is 2.25 bits per heavy atom. The number of rotatable bonds is 12. The van der Waals surface area contributed by atoms with E-state index in [1.54, 1.807) is 48.5 Å². The SMILES string of the molecule is NC(=O)CCNC(=O)c1ccc(NC(=O)c2ccccc2SC(=O)CCCC[n+]2ccccc2)cc1. The number of nitrogens with zero attached hydrogens (tertiary/aromatic N) is 1. The van der Waals surface area contributed by atoms with E-state index in [0.717, 1.165) is 31.1 Å². The first-order chi connectivity index (χ1) is 17.4. The normalized spacial score (nSPS) is 10.4. The Morgan fingerprint density at radius 1 is 0.806 bits per heavy atom. The minimum Gasteiger partial charge on any atom is -0.370 e. The summed E-state index contributed by atoms with van der Waals surface area (Å²) >= 11 is 1.08. The van der Waals surface area contributed by atoms with Crippen LogP contribution < -0.4 is 20.9 Å². The van der Waals surface area contributed by atoms with Gasteiger partial charge in [-0.05, 0) is 42.8 Å². The van der Waals surface area contributed by atoms with Crippen LogP contribution in [-0.4, -0.2) is 29.4 Å². The van der Waals surface area contributed by atoms with Crippen molar-refractivity contribution in [3.8, 4) is 0 Å². The van der Waals surface area contributed by atoms with Crippen LogP contribution in [0.1, 0.15) is 46.4 Å². The third-order valence-electron chi connectivity index (χ3n) is 5.24. The van der Waals surface area contributed by atoms with Gasteiger partial charge in [0, 0.05) is 54.1 Å². The molecular weight excluding hydrogens is 476 g/mol. The summed E-state index contributed by atoms with van der Waals surface area (Å²) in [6.45, 7) is 1.01. The van der Waals surface area contributed by atoms with Crippen LogP contribution in [0, 0.1) is 0 Å². The van der Waals surface area contributed by atoms with Crippen LogP contribution in [0.5, 0.6) is 0 Å². The van der Waals surface area contributed by atoms with Crippen LogP contribution in [-0.2, 0) is 16.1 Å². The van der Waals surface area contributed by atoms with Gasteiger partial charge in [-0.25, -0.2) is 4.57 Å². The number of unbranched alkanes of at least 4 members (excludes halogenated alkanes) is 1. The lowest BCUT2D eigenvalue weighted by Crippen LogP contribution is -2.32. The quantitative estimate of drug-likeness (QED) is 0.198. The van der Waals surface area contributed by atoms with Gasteiger partial charge >= 0.3 is 0 Å². The Labute approximate surface area is 214 Å². The summed E-state index contributed by atoms with van der Waals surface area (Å²) in [5, 5.41) is 5.43. The first kappa shape index (κ1) is 26.6. The number of thioether (sulfide) groups is 1. The molecule has 0 aliphatic heterocycles. The van der Waals surface area contributed by atoms with Gasteiger partial charge in [0.2, 0.25) is 5.91 Å². The largest absolute Gasteiger partial charge is 0.370 e. The van der Waals surface area contributed by atoms with E-state index < -0.39 is 5.91 Å². The first-order valence-corrected chi connectivity index (χ1v) is 12.5. The van der Waals surface area contributed by atoms with Gasteiger partial charge in [-0.1, -0.05) is 30.0 Å². The van der Waals surface area contributed by atoms with E-state index in [1.807, 2.05) is 30.6 Å². The van der Waals surface area contributed by atoms with Crippen molar-refractivity contribution in [2.75, 3.05) is 11.9 Å². The lowest BCUT2D eigenvalue weighted by atomic mass is 10.1. The smallest absolute Gasteiger partial charge is 0.256 e. The van der Waals surface area contributed by atoms with Crippen LogP contribution in [0.2, 0.25) is 0 Å². The topological polar surface area (TPSA) is 122 Å². The number of carbonyl (C=O) groups is 4. The average molecular weight is 506 g/mol. The summed E-state index contributed by atoms with van der Waals surface area (Å²) in [5.41, 5.74) is 6.38. The molecular formula is C27H29N4O4S+. The van der Waals surface area contributed by atoms with Gasteiger partial charge in [0.05, 0.1) is 5.56 Å². The summed E-state index contributed by atoms with van der Waals surface area (Å²) in [6.07, 6.45) is 6.15. The molecule has 3 rings (SSSR count). The van der Waals surface area contributed by atoms with Gasteiger partial charge in [-0.15, -0.1) is 0 Å². The maximum absolute atomic E-state index is 12.9. The molecule has 0 radical (unpaired) electrons. The minimum absolute atomic E-state index is 0.0139. The third kappa shape index (κ3) is 8.66. The Bertz CT molecular complexity index is 1200. The standard InChI is InChI=1S/C27H28N4O4S/c28-24(32)15-16-29-26(34)20-11-13-21(14-12-20)30-27(35)22-8-2-3-9-23(22)36-25(33)10-4-7-19-31-17-5-1-6-18-31/h1-3,5-6,8-9,11-14,17-18H,4,7,10,15-16,19H2,(H3-,28,29,30,32,34,35)/p+1. The predicted octanol–water partition coefficient (Wildman–Crippen LogP) is 3.32. The predicted molar refractivity (Wildman–Crippen MR) is 138 cm³/mol. The zero-order valence-electron chi connectivity index (χ0n) is 19.8. The molecule has 0 unspecified atom stereocenters. The molecule has 3 amide bonds. The van der Waals surface area contributed by atoms with Crippen molar-refractivity contribution in [1.82, 2.24) is 5.32 Å². The number of aryl methyl sites for hydroxylation is 1. The van der Waals surface area contributed by atoms with Crippen LogP contribution >= 0.6 is 11.8 Å². The second kappa shape index (κ2) is 13.8. The third-order valence-corrected chi connectivity index (χ3v) is 6.25. The molecule has 36 heavy (non-hydrogen) atoms. The van der Waals surface area contributed by atoms with E-state index in [9.17, 15) is 19.2 Å². The van der Waals surface area contributed by atoms with Crippen LogP contribution in [0.15, 0.2) is 84.0 Å². The van der Waals surface area contributed by atoms with Gasteiger partial charge in [0.15, 0.2) is 17.5 Å². The highest BCUT2D eigenvalue weighted by atomic mass is 32.2. The van der Waals surface area contributed by atoms with Crippen molar-refractivity contribution in [3.63, 3.8) is 0 Å². The number of pyridine rings is 1. The number of hydrogen-bond acceptors (Lipinski definition) is 5. The molecule has 0 fully saturated rings. The molecule has 0 spiro atoms. The Kier molecular flexibility index (Phi) is 10.2. The van der Waals surface area contributed by atoms with Gasteiger partial charge < -0.3 is 16.4 Å². The van der Waals surface area contributed by atoms with Crippen LogP contribution in [0.25, 0.3) is 0 Å². The Morgan fingerprint density at radius 2 is 1.53 bits per heavy atom. The maximum atomic E-state index is 12.9. The van der Waals surface area contributed by atoms with E-state index in [-0.39, 0.29) is 29.9 Å². The van der Waals surface area contributed by atoms with Crippen molar-refractivity contribution < 1.29 is 23.7 Å². The molecule has 9 heteroatoms. The van der Waals surface area contributed by atoms with E-state index in [1.165, 1.54) is 0 Å². The van der Waals surface area contributed by atoms with Gasteiger partial charge in [-0.3, -0.25) is 19.2 Å². The average Bonchev–Trinajstić information content (AvgIpc) is 2.87. The van der Waals surface area contributed by atoms with Crippen molar-refractivity contribution >= 4 is 40.3 Å². The fourth-order valence-electron chi connectivity index (χ4n) is 3.37. The Hall–Kier alpha value is -3.98. The molecule has 1 heterocycles. The zero-order chi connectivity index (χ0) is 25.8. The van der Waals surface area contributed by atoms with Crippen molar-refractivity contribution in [3.05, 3.63) is 90.3 Å². The summed E-state index contributed by atoms with van der Waals surface area (Å²) in [7, 11) is 0. The summed E-state index contributed by atoms with van der Waals surface area (Å²) < 4.78 is 2.08. The number of nitrogens with two attached hydrogens (primary N) is 1. The lowest BCUT2D eigenvalue weighted by molar-refractivity contribution is -0.697. The number of benzene rings is 2. The molecule has 3 aromatic rings. The molecule has 0 aliphatic rings. The number of hydrogen-bond donors (Lipinski definition) is 3. The van der Waals surface area contributed by atoms with Gasteiger partial charge in [0.25, 0.3) is 11.8 Å². The van der Waals surface area contributed by atoms with Crippen molar-refractivity contribution in [2.24, 2.45) is 5.73 Å². The zero-order valence-corrected chi connectivity index (χ0v) is 20.6. The molecule has 0 saturated heterocycles. The molecule has 1 aromatic heterocycles. The van der Waals surface area contributed by atoms with E-state index >= 15 is 0 Å². The van der Waals surface area contributed by atoms with E-state index in [2.05, 4.69) is 15.2 Å². The lowest BCUT2D eigenvalue weighted by Gasteiger charge is -2.10. The number of primary amides is 1. The number of carbonyl (C=O) groups excluding carboxylic acids is 4. The number of aromatic nitrogens is 1. The van der Waals surface area contributed by atoms with Crippen molar-refractivity contribution in [2.45, 2.75) is 37.1 Å². The molecule has 0 bridgehead atoms. The summed E-state index contributed by atoms with van der Waals surface area (Å²) in [6, 6.07) is 19.3. The monoisotopic (exact) mass is 505 g/mol. The van der Waals surface area contributed by atoms with Gasteiger partial charge in [0.1, 0.15) is 6.54 Å². The minimum atomic E-state index is -0.490. The number of anilines is 1. The fourth-order valence-corrected chi connectivity index (χ4v) is 4.28. The first-order valence-electron chi connectivity index (χ1n) is 11.6. The molecule has 4 N–H and O–H groups in total. The van der Waals surface area contributed by atoms with E-state index in [4.69, 9.17) is 5.73 Å². The fraction of sp³-hybridized carbons (Fsp3) is 0.222. The summed E-state index contributed by atoms with van der Waals surface area (Å²) in [5.74, 6) is -1.17. The van der Waals surface area contributed by atoms with Crippen LogP contribution in [0.3, 0.4) is 0 Å². The number of nitrogens with one attached hydrogen (secondary N) is 2. The summed E-state index contributed by atoms with van der Waals surface area (Å²) in [4.78, 5) is 48.9.